The van der Waals surface area contributed by atoms with Crippen molar-refractivity contribution in [2.75, 3.05) is 30.5 Å². The van der Waals surface area contributed by atoms with Gasteiger partial charge in [0, 0.05) is 18.4 Å². The first-order valence-electron chi connectivity index (χ1n) is 11.2. The molecule has 2 aromatic carbocycles. The third kappa shape index (κ3) is 6.28. The minimum Gasteiger partial charge on any atom is -0.495 e. The molecule has 0 unspecified atom stereocenters. The van der Waals surface area contributed by atoms with Crippen LogP contribution in [-0.2, 0) is 16.4 Å². The Bertz CT molecular complexity index is 1610. The number of methoxy groups -OCH3 is 1. The maximum atomic E-state index is 13.9. The molecule has 4 aromatic rings. The second kappa shape index (κ2) is 10.4. The topological polar surface area (TPSA) is 106 Å². The Morgan fingerprint density at radius 2 is 1.74 bits per heavy atom. The van der Waals surface area contributed by atoms with Crippen molar-refractivity contribution in [3.05, 3.63) is 65.5 Å². The van der Waals surface area contributed by atoms with Crippen LogP contribution in [0.3, 0.4) is 0 Å². The number of fused-ring (bicyclic) bond motifs is 1. The largest absolute Gasteiger partial charge is 0.495 e. The summed E-state index contributed by atoms with van der Waals surface area (Å²) in [5, 5.41) is 5.16. The molecule has 0 amide bonds. The highest BCUT2D eigenvalue weighted by molar-refractivity contribution is 7.90. The van der Waals surface area contributed by atoms with Gasteiger partial charge in [-0.3, -0.25) is 0 Å². The van der Waals surface area contributed by atoms with Gasteiger partial charge in [0.1, 0.15) is 28.5 Å². The molecule has 2 heterocycles. The molecule has 0 aliphatic heterocycles. The summed E-state index contributed by atoms with van der Waals surface area (Å²) in [6.45, 7) is 0.397. The molecule has 13 heteroatoms. The fraction of sp³-hybridized carbons (Fsp3) is 0.240. The molecule has 0 saturated carbocycles. The fourth-order valence-electron chi connectivity index (χ4n) is 3.61. The van der Waals surface area contributed by atoms with Crippen molar-refractivity contribution in [2.45, 2.75) is 24.5 Å². The van der Waals surface area contributed by atoms with Crippen molar-refractivity contribution in [2.24, 2.45) is 0 Å². The first kappa shape index (κ1) is 27.0. The van der Waals surface area contributed by atoms with Gasteiger partial charge in [-0.05, 0) is 54.4 Å². The molecular formula is C25H23F4N5O3S. The average molecular weight is 550 g/mol. The van der Waals surface area contributed by atoms with E-state index in [-0.39, 0.29) is 45.8 Å². The van der Waals surface area contributed by atoms with E-state index in [1.54, 1.807) is 37.3 Å². The summed E-state index contributed by atoms with van der Waals surface area (Å²) in [7, 11) is -2.30. The summed E-state index contributed by atoms with van der Waals surface area (Å²) in [6, 6.07) is 12.2. The van der Waals surface area contributed by atoms with E-state index >= 15 is 0 Å². The quantitative estimate of drug-likeness (QED) is 0.291. The fourth-order valence-corrected chi connectivity index (χ4v) is 4.47. The number of ether oxygens (including phenoxy) is 1. The Hall–Kier alpha value is -4.00. The number of rotatable bonds is 8. The number of anilines is 2. The van der Waals surface area contributed by atoms with Gasteiger partial charge < -0.3 is 15.4 Å². The molecule has 0 aliphatic carbocycles. The summed E-state index contributed by atoms with van der Waals surface area (Å²) >= 11 is 0. The van der Waals surface area contributed by atoms with E-state index in [0.29, 0.717) is 22.4 Å². The second-order valence-corrected chi connectivity index (χ2v) is 10.5. The van der Waals surface area contributed by atoms with E-state index in [4.69, 9.17) is 4.74 Å². The third-order valence-corrected chi connectivity index (χ3v) is 6.66. The molecule has 2 N–H and O–H groups in total. The van der Waals surface area contributed by atoms with Gasteiger partial charge in [-0.1, -0.05) is 12.1 Å². The number of hydrogen-bond acceptors (Lipinski definition) is 8. The third-order valence-electron chi connectivity index (χ3n) is 5.54. The van der Waals surface area contributed by atoms with Gasteiger partial charge in [0.25, 0.3) is 0 Å². The molecule has 0 aliphatic rings. The van der Waals surface area contributed by atoms with Crippen molar-refractivity contribution < 1.29 is 30.7 Å². The van der Waals surface area contributed by atoms with Crippen LogP contribution in [0.4, 0.5) is 29.3 Å². The molecule has 2 aromatic heterocycles. The Kier molecular flexibility index (Phi) is 7.40. The van der Waals surface area contributed by atoms with Crippen LogP contribution in [-0.4, -0.2) is 49.5 Å². The predicted molar refractivity (Wildman–Crippen MR) is 135 cm³/mol. The Morgan fingerprint density at radius 1 is 0.974 bits per heavy atom. The molecule has 0 saturated heterocycles. The second-order valence-electron chi connectivity index (χ2n) is 8.50. The zero-order chi connectivity index (χ0) is 27.7. The first-order chi connectivity index (χ1) is 17.8. The molecule has 200 valence electrons. The molecular weight excluding hydrogens is 526 g/mol. The normalized spacial score (nSPS) is 12.0. The van der Waals surface area contributed by atoms with E-state index in [9.17, 15) is 26.0 Å². The van der Waals surface area contributed by atoms with Gasteiger partial charge in [0.05, 0.1) is 18.3 Å². The number of hydrogen-bond donors (Lipinski definition) is 2. The number of alkyl halides is 3. The van der Waals surface area contributed by atoms with Crippen LogP contribution in [0.1, 0.15) is 11.1 Å². The van der Waals surface area contributed by atoms with Crippen LogP contribution in [0.25, 0.3) is 22.3 Å². The molecule has 0 fully saturated rings. The number of benzene rings is 2. The molecule has 0 radical (unpaired) electrons. The van der Waals surface area contributed by atoms with Crippen molar-refractivity contribution >= 4 is 32.6 Å². The standard InChI is InChI=1S/C25H23F4N5O3S/c1-14-4-5-15(10-17(14)26)12-30-24-33-19-8-7-18(32-22(19)23(34-24)31-13-25(27,28)29)16-6-9-20(37-2)21(11-16)38(3,35)36/h4-11H,12-13H2,1-3H3,(H2,30,31,33,34). The zero-order valence-corrected chi connectivity index (χ0v) is 21.3. The highest BCUT2D eigenvalue weighted by Crippen LogP contribution is 2.31. The van der Waals surface area contributed by atoms with Crippen LogP contribution < -0.4 is 15.4 Å². The number of aryl methyl sites for hydroxylation is 1. The monoisotopic (exact) mass is 549 g/mol. The van der Waals surface area contributed by atoms with E-state index in [2.05, 4.69) is 25.6 Å². The van der Waals surface area contributed by atoms with Gasteiger partial charge >= 0.3 is 6.18 Å². The van der Waals surface area contributed by atoms with Crippen LogP contribution in [0, 0.1) is 12.7 Å². The van der Waals surface area contributed by atoms with Crippen molar-refractivity contribution in [1.29, 1.82) is 0 Å². The summed E-state index contributed by atoms with van der Waals surface area (Å²) in [6.07, 6.45) is -3.49. The number of nitrogens with one attached hydrogen (secondary N) is 2. The van der Waals surface area contributed by atoms with Gasteiger partial charge in [0.2, 0.25) is 5.95 Å². The van der Waals surface area contributed by atoms with Crippen LogP contribution in [0.5, 0.6) is 5.75 Å². The smallest absolute Gasteiger partial charge is 0.405 e. The van der Waals surface area contributed by atoms with Gasteiger partial charge in [-0.2, -0.15) is 18.2 Å². The maximum absolute atomic E-state index is 13.9. The minimum absolute atomic E-state index is 0.0153. The van der Waals surface area contributed by atoms with Crippen LogP contribution in [0.2, 0.25) is 0 Å². The minimum atomic E-state index is -4.53. The lowest BCUT2D eigenvalue weighted by molar-refractivity contribution is -0.115. The van der Waals surface area contributed by atoms with Gasteiger partial charge in [-0.25, -0.2) is 22.8 Å². The number of halogens is 4. The highest BCUT2D eigenvalue weighted by atomic mass is 32.2. The van der Waals surface area contributed by atoms with Crippen LogP contribution in [0.15, 0.2) is 53.4 Å². The number of aromatic nitrogens is 3. The molecule has 0 atom stereocenters. The van der Waals surface area contributed by atoms with Gasteiger partial charge in [-0.15, -0.1) is 0 Å². The number of pyridine rings is 1. The molecule has 0 bridgehead atoms. The van der Waals surface area contributed by atoms with Gasteiger partial charge in [0.15, 0.2) is 15.7 Å². The summed E-state index contributed by atoms with van der Waals surface area (Å²) in [4.78, 5) is 12.9. The van der Waals surface area contributed by atoms with Crippen molar-refractivity contribution in [1.82, 2.24) is 15.0 Å². The molecule has 38 heavy (non-hydrogen) atoms. The Morgan fingerprint density at radius 3 is 2.39 bits per heavy atom. The highest BCUT2D eigenvalue weighted by Gasteiger charge is 2.27. The van der Waals surface area contributed by atoms with E-state index < -0.39 is 22.6 Å². The zero-order valence-electron chi connectivity index (χ0n) is 20.5. The van der Waals surface area contributed by atoms with Crippen LogP contribution >= 0.6 is 0 Å². The van der Waals surface area contributed by atoms with E-state index in [1.807, 2.05) is 0 Å². The molecule has 0 spiro atoms. The Balaban J connectivity index is 1.74. The predicted octanol–water partition coefficient (Wildman–Crippen LogP) is 5.14. The van der Waals surface area contributed by atoms with E-state index in [1.165, 1.54) is 25.3 Å². The van der Waals surface area contributed by atoms with Crippen molar-refractivity contribution in [3.63, 3.8) is 0 Å². The molecule has 8 nitrogen and oxygen atoms in total. The lowest BCUT2D eigenvalue weighted by atomic mass is 10.1. The van der Waals surface area contributed by atoms with Crippen molar-refractivity contribution in [3.8, 4) is 17.0 Å². The SMILES string of the molecule is COc1ccc(-c2ccc3nc(NCc4ccc(C)c(F)c4)nc(NCC(F)(F)F)c3n2)cc1S(C)(=O)=O. The lowest BCUT2D eigenvalue weighted by Gasteiger charge is -2.14. The summed E-state index contributed by atoms with van der Waals surface area (Å²) in [5.41, 5.74) is 2.06. The number of nitrogens with zero attached hydrogens (tertiary/aromatic N) is 3. The summed E-state index contributed by atoms with van der Waals surface area (Å²) < 4.78 is 82.5. The summed E-state index contributed by atoms with van der Waals surface area (Å²) in [5.74, 6) is -0.396. The lowest BCUT2D eigenvalue weighted by Crippen LogP contribution is -2.22. The van der Waals surface area contributed by atoms with E-state index in [0.717, 1.165) is 6.26 Å². The number of sulfone groups is 1. The Labute approximate surface area is 216 Å². The first-order valence-corrected chi connectivity index (χ1v) is 13.1. The molecule has 4 rings (SSSR count). The maximum Gasteiger partial charge on any atom is 0.405 e. The average Bonchev–Trinajstić information content (AvgIpc) is 2.86.